The van der Waals surface area contributed by atoms with Crippen LogP contribution in [-0.4, -0.2) is 11.2 Å². The molecule has 16 heavy (non-hydrogen) atoms. The molecule has 0 amide bonds. The predicted molar refractivity (Wildman–Crippen MR) is 63.9 cm³/mol. The SMILES string of the molecule is CC1(C)[C@H]2C[C@H]3[C@@]14[C@H](O)CCC(C)(C)[C@]34C2. The zero-order valence-corrected chi connectivity index (χ0v) is 11.0. The zero-order valence-electron chi connectivity index (χ0n) is 11.0. The van der Waals surface area contributed by atoms with Gasteiger partial charge in [0.05, 0.1) is 6.10 Å². The van der Waals surface area contributed by atoms with Gasteiger partial charge in [-0.15, -0.1) is 0 Å². The summed E-state index contributed by atoms with van der Waals surface area (Å²) in [5.74, 6) is 1.75. The molecule has 2 spiro atoms. The molecular weight excluding hydrogens is 196 g/mol. The Balaban J connectivity index is 1.96. The minimum atomic E-state index is -0.00646. The summed E-state index contributed by atoms with van der Waals surface area (Å²) in [5, 5.41) is 10.6. The lowest BCUT2D eigenvalue weighted by Gasteiger charge is -2.46. The van der Waals surface area contributed by atoms with Crippen molar-refractivity contribution in [1.82, 2.24) is 0 Å². The molecule has 0 aliphatic heterocycles. The van der Waals surface area contributed by atoms with Gasteiger partial charge in [-0.05, 0) is 53.8 Å². The van der Waals surface area contributed by atoms with Crippen molar-refractivity contribution in [2.45, 2.75) is 59.5 Å². The highest BCUT2D eigenvalue weighted by Crippen LogP contribution is 2.99. The van der Waals surface area contributed by atoms with E-state index < -0.39 is 0 Å². The van der Waals surface area contributed by atoms with Gasteiger partial charge in [-0.2, -0.15) is 0 Å². The van der Waals surface area contributed by atoms with Crippen LogP contribution in [0.1, 0.15) is 53.4 Å². The minimum Gasteiger partial charge on any atom is -0.392 e. The van der Waals surface area contributed by atoms with Crippen molar-refractivity contribution < 1.29 is 5.11 Å². The summed E-state index contributed by atoms with van der Waals surface area (Å²) in [6.07, 6.45) is 5.09. The summed E-state index contributed by atoms with van der Waals surface area (Å²) in [7, 11) is 0. The molecule has 0 unspecified atom stereocenters. The van der Waals surface area contributed by atoms with Gasteiger partial charge in [0.15, 0.2) is 0 Å². The molecular formula is C15H24O. The smallest absolute Gasteiger partial charge is 0.0610 e. The largest absolute Gasteiger partial charge is 0.392 e. The van der Waals surface area contributed by atoms with Crippen LogP contribution in [0.4, 0.5) is 0 Å². The summed E-state index contributed by atoms with van der Waals surface area (Å²) in [5.41, 5.74) is 1.70. The third-order valence-corrected chi connectivity index (χ3v) is 7.75. The second-order valence-corrected chi connectivity index (χ2v) is 8.19. The molecule has 5 aliphatic rings. The van der Waals surface area contributed by atoms with Crippen molar-refractivity contribution in [2.24, 2.45) is 33.5 Å². The molecule has 90 valence electrons. The highest BCUT2D eigenvalue weighted by Gasteiger charge is 2.95. The molecule has 5 saturated carbocycles. The van der Waals surface area contributed by atoms with Crippen LogP contribution >= 0.6 is 0 Å². The summed E-state index contributed by atoms with van der Waals surface area (Å²) in [4.78, 5) is 0. The summed E-state index contributed by atoms with van der Waals surface area (Å²) < 4.78 is 0. The van der Waals surface area contributed by atoms with E-state index in [0.29, 0.717) is 21.7 Å². The number of rotatable bonds is 0. The molecule has 0 aromatic carbocycles. The van der Waals surface area contributed by atoms with Crippen LogP contribution in [0.3, 0.4) is 0 Å². The quantitative estimate of drug-likeness (QED) is 0.664. The van der Waals surface area contributed by atoms with Gasteiger partial charge < -0.3 is 5.11 Å². The Morgan fingerprint density at radius 3 is 2.38 bits per heavy atom. The Bertz CT molecular complexity index is 383. The van der Waals surface area contributed by atoms with E-state index in [1.165, 1.54) is 19.3 Å². The van der Waals surface area contributed by atoms with Crippen molar-refractivity contribution in [1.29, 1.82) is 0 Å². The van der Waals surface area contributed by atoms with E-state index in [0.717, 1.165) is 18.3 Å². The lowest BCUT2D eigenvalue weighted by atomic mass is 9.60. The Kier molecular flexibility index (Phi) is 1.33. The first-order valence-corrected chi connectivity index (χ1v) is 7.00. The fourth-order valence-electron chi connectivity index (χ4n) is 7.23. The molecule has 5 fully saturated rings. The monoisotopic (exact) mass is 220 g/mol. The average Bonchev–Trinajstić information content (AvgIpc) is 2.47. The number of hydrogen-bond donors (Lipinski definition) is 1. The number of aliphatic hydroxyl groups is 1. The third-order valence-electron chi connectivity index (χ3n) is 7.75. The maximum atomic E-state index is 10.6. The van der Waals surface area contributed by atoms with Crippen LogP contribution in [0.25, 0.3) is 0 Å². The fourth-order valence-corrected chi connectivity index (χ4v) is 7.23. The Morgan fingerprint density at radius 1 is 1.12 bits per heavy atom. The van der Waals surface area contributed by atoms with E-state index >= 15 is 0 Å². The van der Waals surface area contributed by atoms with E-state index in [1.54, 1.807) is 0 Å². The van der Waals surface area contributed by atoms with Gasteiger partial charge in [-0.1, -0.05) is 27.7 Å². The summed E-state index contributed by atoms with van der Waals surface area (Å²) in [6, 6.07) is 0. The molecule has 0 aromatic heterocycles. The molecule has 1 N–H and O–H groups in total. The second kappa shape index (κ2) is 2.13. The van der Waals surface area contributed by atoms with Crippen LogP contribution < -0.4 is 0 Å². The summed E-state index contributed by atoms with van der Waals surface area (Å²) >= 11 is 0. The maximum absolute atomic E-state index is 10.6. The van der Waals surface area contributed by atoms with Gasteiger partial charge in [0.2, 0.25) is 0 Å². The first-order valence-electron chi connectivity index (χ1n) is 7.00. The normalized spacial score (nSPS) is 63.2. The molecule has 0 radical (unpaired) electrons. The molecule has 0 aromatic rings. The Hall–Kier alpha value is -0.0400. The summed E-state index contributed by atoms with van der Waals surface area (Å²) in [6.45, 7) is 9.82. The van der Waals surface area contributed by atoms with Crippen molar-refractivity contribution in [3.05, 3.63) is 0 Å². The molecule has 0 heterocycles. The topological polar surface area (TPSA) is 20.2 Å². The number of hydrogen-bond acceptors (Lipinski definition) is 1. The maximum Gasteiger partial charge on any atom is 0.0610 e. The van der Waals surface area contributed by atoms with Gasteiger partial charge in [-0.25, -0.2) is 0 Å². The van der Waals surface area contributed by atoms with Crippen molar-refractivity contribution in [3.63, 3.8) is 0 Å². The predicted octanol–water partition coefficient (Wildman–Crippen LogP) is 3.22. The lowest BCUT2D eigenvalue weighted by Crippen LogP contribution is -2.44. The minimum absolute atomic E-state index is 0.00646. The van der Waals surface area contributed by atoms with Crippen molar-refractivity contribution in [2.75, 3.05) is 0 Å². The van der Waals surface area contributed by atoms with Gasteiger partial charge in [0, 0.05) is 5.41 Å². The van der Waals surface area contributed by atoms with E-state index in [2.05, 4.69) is 27.7 Å². The van der Waals surface area contributed by atoms with Crippen LogP contribution in [0.2, 0.25) is 0 Å². The zero-order chi connectivity index (χ0) is 11.6. The molecule has 5 rings (SSSR count). The van der Waals surface area contributed by atoms with E-state index in [4.69, 9.17) is 0 Å². The molecule has 5 aliphatic carbocycles. The molecule has 4 bridgehead atoms. The van der Waals surface area contributed by atoms with Crippen LogP contribution in [0, 0.1) is 33.5 Å². The first-order chi connectivity index (χ1) is 7.32. The van der Waals surface area contributed by atoms with E-state index in [9.17, 15) is 5.11 Å². The van der Waals surface area contributed by atoms with Gasteiger partial charge in [0.1, 0.15) is 0 Å². The molecule has 0 saturated heterocycles. The second-order valence-electron chi connectivity index (χ2n) is 8.19. The van der Waals surface area contributed by atoms with Crippen LogP contribution in [-0.2, 0) is 0 Å². The van der Waals surface area contributed by atoms with E-state index in [1.807, 2.05) is 0 Å². The number of aliphatic hydroxyl groups excluding tert-OH is 1. The van der Waals surface area contributed by atoms with Crippen molar-refractivity contribution >= 4 is 0 Å². The van der Waals surface area contributed by atoms with Crippen LogP contribution in [0.5, 0.6) is 0 Å². The first kappa shape index (κ1) is 9.94. The van der Waals surface area contributed by atoms with Crippen molar-refractivity contribution in [3.8, 4) is 0 Å². The highest BCUT2D eigenvalue weighted by molar-refractivity contribution is 5.42. The molecule has 1 heteroatoms. The molecule has 1 nitrogen and oxygen atoms in total. The standard InChI is InChI=1S/C15H24O/c1-12(2)6-5-11(16)15-10-7-9(13(15,3)4)8-14(10,12)15/h9-11,16H,5-8H2,1-4H3/t9-,10+,11+,14-,15+/m0/s1. The van der Waals surface area contributed by atoms with Gasteiger partial charge >= 0.3 is 0 Å². The van der Waals surface area contributed by atoms with Gasteiger partial charge in [0.25, 0.3) is 0 Å². The Morgan fingerprint density at radius 2 is 1.81 bits per heavy atom. The van der Waals surface area contributed by atoms with Crippen LogP contribution in [0.15, 0.2) is 0 Å². The third kappa shape index (κ3) is 0.573. The molecule has 5 atom stereocenters. The lowest BCUT2D eigenvalue weighted by molar-refractivity contribution is -0.0567. The Labute approximate surface area is 98.6 Å². The van der Waals surface area contributed by atoms with Gasteiger partial charge in [-0.3, -0.25) is 0 Å². The fraction of sp³-hybridized carbons (Fsp3) is 1.00. The highest BCUT2D eigenvalue weighted by atomic mass is 16.3. The average molecular weight is 220 g/mol. The van der Waals surface area contributed by atoms with E-state index in [-0.39, 0.29) is 6.10 Å².